The summed E-state index contributed by atoms with van der Waals surface area (Å²) < 4.78 is 4.95. The first-order valence-electron chi connectivity index (χ1n) is 4.06. The zero-order valence-electron chi connectivity index (χ0n) is 7.59. The average Bonchev–Trinajstić information content (AvgIpc) is 2.18. The number of nitrogens with zero attached hydrogens (tertiary/aromatic N) is 4. The summed E-state index contributed by atoms with van der Waals surface area (Å²) in [7, 11) is 1.63. The summed E-state index contributed by atoms with van der Waals surface area (Å²) in [6.07, 6.45) is 0. The highest BCUT2D eigenvalue weighted by Gasteiger charge is 2.21. The highest BCUT2D eigenvalue weighted by atomic mass is 16.6. The van der Waals surface area contributed by atoms with Crippen LogP contribution in [0.5, 0.6) is 0 Å². The molecular weight excluding hydrogens is 176 g/mol. The predicted octanol–water partition coefficient (Wildman–Crippen LogP) is -0.525. The van der Waals surface area contributed by atoms with Crippen LogP contribution >= 0.6 is 0 Å². The molecule has 0 aromatic heterocycles. The smallest absolute Gasteiger partial charge is 0.230 e. The summed E-state index contributed by atoms with van der Waals surface area (Å²) in [6, 6.07) is 0. The molecule has 0 aromatic carbocycles. The average molecular weight is 190 g/mol. The highest BCUT2D eigenvalue weighted by molar-refractivity contribution is 4.63. The van der Waals surface area contributed by atoms with Gasteiger partial charge < -0.3 is 15.2 Å². The molecule has 1 saturated heterocycles. The molecule has 0 bridgehead atoms. The number of hydrogen-bond donors (Lipinski definition) is 1. The molecule has 1 aliphatic heterocycles. The molecule has 1 N–H and O–H groups in total. The van der Waals surface area contributed by atoms with Crippen molar-refractivity contribution in [2.24, 2.45) is 5.28 Å². The van der Waals surface area contributed by atoms with Crippen LogP contribution < -0.4 is 0 Å². The molecule has 0 aromatic rings. The van der Waals surface area contributed by atoms with E-state index in [0.717, 1.165) is 13.1 Å². The summed E-state index contributed by atoms with van der Waals surface area (Å²) in [4.78, 5) is 2.28. The van der Waals surface area contributed by atoms with Gasteiger partial charge in [0.15, 0.2) is 0 Å². The third-order valence-corrected chi connectivity index (χ3v) is 1.98. The van der Waals surface area contributed by atoms with Crippen molar-refractivity contribution in [1.29, 1.82) is 0 Å². The Kier molecular flexibility index (Phi) is 3.71. The monoisotopic (exact) mass is 190 g/mol. The van der Waals surface area contributed by atoms with Crippen LogP contribution in [-0.2, 0) is 4.74 Å². The largest absolute Gasteiger partial charge is 0.569 e. The van der Waals surface area contributed by atoms with E-state index in [9.17, 15) is 5.21 Å². The number of hydrogen-bond acceptors (Lipinski definition) is 4. The van der Waals surface area contributed by atoms with E-state index in [1.54, 1.807) is 7.11 Å². The second-order valence-electron chi connectivity index (χ2n) is 2.83. The number of hydrazine groups is 1. The molecule has 76 valence electrons. The molecule has 1 heterocycles. The van der Waals surface area contributed by atoms with Crippen LogP contribution in [0.15, 0.2) is 5.28 Å². The quantitative estimate of drug-likeness (QED) is 0.368. The lowest BCUT2D eigenvalue weighted by atomic mass is 10.4. The first-order valence-corrected chi connectivity index (χ1v) is 4.06. The minimum atomic E-state index is 0.212. The summed E-state index contributed by atoms with van der Waals surface area (Å²) in [5.41, 5.74) is 0. The van der Waals surface area contributed by atoms with Gasteiger partial charge in [-0.1, -0.05) is 0 Å². The van der Waals surface area contributed by atoms with E-state index in [-0.39, 0.29) is 4.97 Å². The molecule has 0 aliphatic carbocycles. The van der Waals surface area contributed by atoms with Gasteiger partial charge in [0.2, 0.25) is 5.28 Å². The van der Waals surface area contributed by atoms with E-state index in [4.69, 9.17) is 9.94 Å². The Labute approximate surface area is 76.3 Å². The number of rotatable bonds is 3. The van der Waals surface area contributed by atoms with Crippen molar-refractivity contribution in [1.82, 2.24) is 9.91 Å². The fourth-order valence-electron chi connectivity index (χ4n) is 1.28. The van der Waals surface area contributed by atoms with E-state index in [1.165, 1.54) is 5.01 Å². The molecule has 13 heavy (non-hydrogen) atoms. The van der Waals surface area contributed by atoms with Gasteiger partial charge in [-0.25, -0.2) is 0 Å². The zero-order chi connectivity index (χ0) is 9.68. The van der Waals surface area contributed by atoms with Crippen LogP contribution in [0.4, 0.5) is 0 Å². The van der Waals surface area contributed by atoms with Gasteiger partial charge in [0, 0.05) is 20.2 Å². The van der Waals surface area contributed by atoms with Gasteiger partial charge in [-0.05, 0) is 0 Å². The summed E-state index contributed by atoms with van der Waals surface area (Å²) in [6.45, 7) is 3.15. The van der Waals surface area contributed by atoms with Crippen molar-refractivity contribution in [3.8, 4) is 0 Å². The lowest BCUT2D eigenvalue weighted by Gasteiger charge is -2.30. The van der Waals surface area contributed by atoms with Crippen molar-refractivity contribution in [3.63, 3.8) is 0 Å². The lowest BCUT2D eigenvalue weighted by molar-refractivity contribution is -0.711. The van der Waals surface area contributed by atoms with E-state index in [1.807, 2.05) is 0 Å². The van der Waals surface area contributed by atoms with Gasteiger partial charge in [0.05, 0.1) is 24.8 Å². The molecule has 7 heteroatoms. The maximum absolute atomic E-state index is 10.8. The lowest BCUT2D eigenvalue weighted by Crippen LogP contribution is -2.49. The van der Waals surface area contributed by atoms with Crippen molar-refractivity contribution in [2.75, 3.05) is 40.0 Å². The van der Waals surface area contributed by atoms with Crippen molar-refractivity contribution in [3.05, 3.63) is 5.21 Å². The third-order valence-electron chi connectivity index (χ3n) is 1.98. The molecule has 1 rings (SSSR count). The second kappa shape index (κ2) is 4.83. The Balaban J connectivity index is 2.30. The van der Waals surface area contributed by atoms with E-state index in [0.29, 0.717) is 19.8 Å². The molecule has 0 saturated carbocycles. The maximum atomic E-state index is 10.8. The topological polar surface area (TPSA) is 74.4 Å². The van der Waals surface area contributed by atoms with Crippen molar-refractivity contribution >= 4 is 0 Å². The fraction of sp³-hybridized carbons (Fsp3) is 1.00. The molecule has 0 radical (unpaired) electrons. The Morgan fingerprint density at radius 1 is 1.46 bits per heavy atom. The fourth-order valence-corrected chi connectivity index (χ4v) is 1.28. The van der Waals surface area contributed by atoms with Gasteiger partial charge in [-0.2, -0.15) is 0 Å². The van der Waals surface area contributed by atoms with Crippen LogP contribution in [0.3, 0.4) is 0 Å². The Morgan fingerprint density at radius 3 is 2.54 bits per heavy atom. The molecule has 7 nitrogen and oxygen atoms in total. The van der Waals surface area contributed by atoms with E-state index in [2.05, 4.69) is 10.2 Å². The molecule has 0 unspecified atom stereocenters. The molecule has 1 aliphatic rings. The van der Waals surface area contributed by atoms with Crippen molar-refractivity contribution < 1.29 is 14.9 Å². The standard InChI is InChI=1S/C6H14N4O3/c1-13-6-8-2-4-9(5-3-8)10(12)7-11/h11H,2-6H2,1H3. The Hall–Kier alpha value is -1.08. The van der Waals surface area contributed by atoms with E-state index >= 15 is 0 Å². The van der Waals surface area contributed by atoms with Gasteiger partial charge in [0.1, 0.15) is 0 Å². The molecule has 0 amide bonds. The van der Waals surface area contributed by atoms with Gasteiger partial charge in [0.25, 0.3) is 0 Å². The Morgan fingerprint density at radius 2 is 2.08 bits per heavy atom. The molecule has 0 spiro atoms. The SMILES string of the molecule is COCN1CCN([N+]([O-])=NO)CC1. The van der Waals surface area contributed by atoms with Crippen LogP contribution in [-0.4, -0.2) is 60.1 Å². The highest BCUT2D eigenvalue weighted by Crippen LogP contribution is 2.01. The first-order chi connectivity index (χ1) is 6.27. The van der Waals surface area contributed by atoms with Crippen molar-refractivity contribution in [2.45, 2.75) is 0 Å². The summed E-state index contributed by atoms with van der Waals surface area (Å²) in [5.74, 6) is 0. The normalized spacial score (nSPS) is 20.7. The summed E-state index contributed by atoms with van der Waals surface area (Å²) in [5, 5.41) is 23.0. The number of methoxy groups -OCH3 is 1. The Bertz CT molecular complexity index is 179. The van der Waals surface area contributed by atoms with Gasteiger partial charge >= 0.3 is 0 Å². The third kappa shape index (κ3) is 2.71. The van der Waals surface area contributed by atoms with Gasteiger partial charge in [-0.15, -0.1) is 5.01 Å². The second-order valence-corrected chi connectivity index (χ2v) is 2.83. The van der Waals surface area contributed by atoms with Crippen LogP contribution in [0.1, 0.15) is 0 Å². The minimum absolute atomic E-state index is 0.212. The van der Waals surface area contributed by atoms with Gasteiger partial charge in [-0.3, -0.25) is 4.90 Å². The number of ether oxygens (including phenoxy) is 1. The predicted molar refractivity (Wildman–Crippen MR) is 42.9 cm³/mol. The zero-order valence-corrected chi connectivity index (χ0v) is 7.59. The molecule has 1 fully saturated rings. The summed E-state index contributed by atoms with van der Waals surface area (Å²) >= 11 is 0. The van der Waals surface area contributed by atoms with Crippen LogP contribution in [0.25, 0.3) is 0 Å². The van der Waals surface area contributed by atoms with Crippen LogP contribution in [0, 0.1) is 5.21 Å². The van der Waals surface area contributed by atoms with Crippen LogP contribution in [0.2, 0.25) is 0 Å². The molecule has 0 atom stereocenters. The minimum Gasteiger partial charge on any atom is -0.569 e. The molecular formula is C6H14N4O3. The first kappa shape index (κ1) is 10.0. The number of piperazine rings is 1. The maximum Gasteiger partial charge on any atom is 0.230 e. The van der Waals surface area contributed by atoms with E-state index < -0.39 is 0 Å².